The number of fused-ring (bicyclic) bond motifs is 2. The maximum Gasteiger partial charge on any atom is 0.335 e. The van der Waals surface area contributed by atoms with E-state index in [-0.39, 0.29) is 11.4 Å². The summed E-state index contributed by atoms with van der Waals surface area (Å²) in [5.74, 6) is 0.602. The van der Waals surface area contributed by atoms with Crippen molar-refractivity contribution in [3.63, 3.8) is 0 Å². The average Bonchev–Trinajstić information content (AvgIpc) is 3.04. The Bertz CT molecular complexity index is 1610. The van der Waals surface area contributed by atoms with Gasteiger partial charge in [-0.25, -0.2) is 9.18 Å². The summed E-state index contributed by atoms with van der Waals surface area (Å²) >= 11 is 0. The van der Waals surface area contributed by atoms with Crippen LogP contribution in [-0.2, 0) is 13.1 Å². The molecule has 2 aromatic heterocycles. The standard InChI is InChI=1S/C25H29FN4O4.C7H6O2/c1-32-19-13-21(26)20-2-3-25(31)30(22(20)14-19)9-8-29-6-4-17(5-7-29)27-15-18-12-23-24(16-28-18)34-11-10-33-23;8-7(9)6-4-2-1-3-5-6/h2-3,12-14,16-17,27H,4-11,15H2,1H3;1-5H,(H,8,9). The molecule has 0 aliphatic carbocycles. The maximum absolute atomic E-state index is 14.4. The molecular formula is C32H35FN4O6. The highest BCUT2D eigenvalue weighted by molar-refractivity contribution is 5.87. The zero-order chi connectivity index (χ0) is 30.2. The summed E-state index contributed by atoms with van der Waals surface area (Å²) in [5, 5.41) is 12.4. The lowest BCUT2D eigenvalue weighted by Gasteiger charge is -2.32. The number of methoxy groups -OCH3 is 1. The lowest BCUT2D eigenvalue weighted by molar-refractivity contribution is 0.0697. The van der Waals surface area contributed by atoms with Gasteiger partial charge in [0.25, 0.3) is 5.56 Å². The van der Waals surface area contributed by atoms with E-state index in [1.807, 2.05) is 6.07 Å². The molecule has 1 saturated heterocycles. The third-order valence-electron chi connectivity index (χ3n) is 7.57. The van der Waals surface area contributed by atoms with Crippen molar-refractivity contribution < 1.29 is 28.5 Å². The molecule has 0 amide bonds. The summed E-state index contributed by atoms with van der Waals surface area (Å²) in [5.41, 5.74) is 1.69. The number of pyridine rings is 2. The Hall–Kier alpha value is -4.48. The monoisotopic (exact) mass is 590 g/mol. The van der Waals surface area contributed by atoms with Crippen LogP contribution in [0.25, 0.3) is 10.9 Å². The molecular weight excluding hydrogens is 555 g/mol. The molecule has 11 heteroatoms. The van der Waals surface area contributed by atoms with Crippen LogP contribution in [0.3, 0.4) is 0 Å². The van der Waals surface area contributed by atoms with Gasteiger partial charge in [-0.15, -0.1) is 0 Å². The number of piperidine rings is 1. The molecule has 2 aliphatic rings. The quantitative estimate of drug-likeness (QED) is 0.315. The highest BCUT2D eigenvalue weighted by Gasteiger charge is 2.20. The van der Waals surface area contributed by atoms with Crippen LogP contribution >= 0.6 is 0 Å². The van der Waals surface area contributed by atoms with Crippen LogP contribution in [0, 0.1) is 5.82 Å². The predicted octanol–water partition coefficient (Wildman–Crippen LogP) is 3.95. The number of likely N-dealkylation sites (tertiary alicyclic amines) is 1. The van der Waals surface area contributed by atoms with Gasteiger partial charge in [0.05, 0.1) is 30.1 Å². The molecule has 0 radical (unpaired) electrons. The van der Waals surface area contributed by atoms with Crippen molar-refractivity contribution >= 4 is 16.9 Å². The van der Waals surface area contributed by atoms with Gasteiger partial charge >= 0.3 is 5.97 Å². The third kappa shape index (κ3) is 7.68. The van der Waals surface area contributed by atoms with E-state index in [0.717, 1.165) is 43.9 Å². The Labute approximate surface area is 248 Å². The number of nitrogens with zero attached hydrogens (tertiary/aromatic N) is 3. The number of carboxylic acid groups (broad SMARTS) is 1. The fraction of sp³-hybridized carbons (Fsp3) is 0.344. The fourth-order valence-corrected chi connectivity index (χ4v) is 5.20. The van der Waals surface area contributed by atoms with Crippen molar-refractivity contribution in [1.29, 1.82) is 0 Å². The highest BCUT2D eigenvalue weighted by atomic mass is 19.1. The van der Waals surface area contributed by atoms with E-state index in [4.69, 9.17) is 19.3 Å². The van der Waals surface area contributed by atoms with Gasteiger partial charge in [-0.1, -0.05) is 18.2 Å². The minimum atomic E-state index is -0.879. The second-order valence-corrected chi connectivity index (χ2v) is 10.4. The summed E-state index contributed by atoms with van der Waals surface area (Å²) in [6, 6.07) is 16.7. The minimum Gasteiger partial charge on any atom is -0.497 e. The number of ether oxygens (including phenoxy) is 3. The molecule has 0 saturated carbocycles. The molecule has 226 valence electrons. The SMILES string of the molecule is COc1cc(F)c2ccc(=O)n(CCN3CCC(NCc4cc5c(cn4)OCCO5)CC3)c2c1.O=C(O)c1ccccc1. The summed E-state index contributed by atoms with van der Waals surface area (Å²) in [4.78, 5) is 29.5. The largest absolute Gasteiger partial charge is 0.497 e. The maximum atomic E-state index is 14.4. The van der Waals surface area contributed by atoms with Crippen LogP contribution in [0.4, 0.5) is 4.39 Å². The molecule has 43 heavy (non-hydrogen) atoms. The molecule has 0 atom stereocenters. The normalized spacial score (nSPS) is 15.0. The number of benzene rings is 2. The van der Waals surface area contributed by atoms with Crippen molar-refractivity contribution in [2.24, 2.45) is 0 Å². The second kappa shape index (κ2) is 14.1. The molecule has 4 heterocycles. The zero-order valence-electron chi connectivity index (χ0n) is 24.0. The van der Waals surface area contributed by atoms with E-state index in [2.05, 4.69) is 15.2 Å². The molecule has 1 fully saturated rings. The number of nitrogens with one attached hydrogen (secondary N) is 1. The van der Waals surface area contributed by atoms with Gasteiger partial charge < -0.3 is 34.1 Å². The number of hydrogen-bond donors (Lipinski definition) is 2. The van der Waals surface area contributed by atoms with E-state index in [0.29, 0.717) is 60.3 Å². The lowest BCUT2D eigenvalue weighted by Crippen LogP contribution is -2.43. The van der Waals surface area contributed by atoms with Gasteiger partial charge in [0, 0.05) is 55.3 Å². The number of aromatic carboxylic acids is 1. The minimum absolute atomic E-state index is 0.136. The summed E-state index contributed by atoms with van der Waals surface area (Å²) in [6.07, 6.45) is 3.75. The van der Waals surface area contributed by atoms with Crippen molar-refractivity contribution in [3.05, 3.63) is 94.3 Å². The van der Waals surface area contributed by atoms with Crippen molar-refractivity contribution in [2.75, 3.05) is 40.0 Å². The summed E-state index contributed by atoms with van der Waals surface area (Å²) < 4.78 is 32.4. The Morgan fingerprint density at radius 3 is 2.49 bits per heavy atom. The Kier molecular flexibility index (Phi) is 9.85. The average molecular weight is 591 g/mol. The number of hydrogen-bond acceptors (Lipinski definition) is 8. The van der Waals surface area contributed by atoms with Crippen LogP contribution < -0.4 is 25.1 Å². The molecule has 2 aliphatic heterocycles. The molecule has 6 rings (SSSR count). The number of aromatic nitrogens is 2. The van der Waals surface area contributed by atoms with Crippen LogP contribution in [0.2, 0.25) is 0 Å². The smallest absolute Gasteiger partial charge is 0.335 e. The summed E-state index contributed by atoms with van der Waals surface area (Å²) in [7, 11) is 1.49. The topological polar surface area (TPSA) is 115 Å². The van der Waals surface area contributed by atoms with E-state index in [9.17, 15) is 14.0 Å². The molecule has 0 spiro atoms. The lowest BCUT2D eigenvalue weighted by atomic mass is 10.0. The number of carbonyl (C=O) groups is 1. The van der Waals surface area contributed by atoms with E-state index in [1.165, 1.54) is 25.3 Å². The van der Waals surface area contributed by atoms with Crippen molar-refractivity contribution in [2.45, 2.75) is 32.0 Å². The van der Waals surface area contributed by atoms with Gasteiger partial charge in [0.1, 0.15) is 24.8 Å². The van der Waals surface area contributed by atoms with Gasteiger partial charge in [0.15, 0.2) is 11.5 Å². The first-order valence-corrected chi connectivity index (χ1v) is 14.3. The van der Waals surface area contributed by atoms with E-state index >= 15 is 0 Å². The van der Waals surface area contributed by atoms with Crippen LogP contribution in [-0.4, -0.2) is 71.5 Å². The van der Waals surface area contributed by atoms with Crippen LogP contribution in [0.15, 0.2) is 71.7 Å². The van der Waals surface area contributed by atoms with Crippen LogP contribution in [0.1, 0.15) is 28.9 Å². The Morgan fingerprint density at radius 1 is 1.05 bits per heavy atom. The van der Waals surface area contributed by atoms with Crippen molar-refractivity contribution in [3.8, 4) is 17.2 Å². The zero-order valence-corrected chi connectivity index (χ0v) is 24.0. The van der Waals surface area contributed by atoms with Gasteiger partial charge in [-0.2, -0.15) is 0 Å². The van der Waals surface area contributed by atoms with Gasteiger partial charge in [-0.05, 0) is 44.1 Å². The predicted molar refractivity (Wildman–Crippen MR) is 160 cm³/mol. The fourth-order valence-electron chi connectivity index (χ4n) is 5.20. The molecule has 2 N–H and O–H groups in total. The van der Waals surface area contributed by atoms with E-state index < -0.39 is 5.97 Å². The third-order valence-corrected chi connectivity index (χ3v) is 7.57. The summed E-state index contributed by atoms with van der Waals surface area (Å²) in [6.45, 7) is 4.91. The van der Waals surface area contributed by atoms with Gasteiger partial charge in [0.2, 0.25) is 0 Å². The first-order chi connectivity index (χ1) is 20.9. The molecule has 0 bridgehead atoms. The molecule has 2 aromatic carbocycles. The number of rotatable bonds is 8. The Balaban J connectivity index is 0.000000351. The number of halogens is 1. The highest BCUT2D eigenvalue weighted by Crippen LogP contribution is 2.29. The molecule has 4 aromatic rings. The first-order valence-electron chi connectivity index (χ1n) is 14.3. The Morgan fingerprint density at radius 2 is 1.79 bits per heavy atom. The molecule has 10 nitrogen and oxygen atoms in total. The van der Waals surface area contributed by atoms with Crippen molar-refractivity contribution in [1.82, 2.24) is 19.8 Å². The number of carboxylic acids is 1. The van der Waals surface area contributed by atoms with Crippen LogP contribution in [0.5, 0.6) is 17.2 Å². The molecule has 0 unspecified atom stereocenters. The van der Waals surface area contributed by atoms with Gasteiger partial charge in [-0.3, -0.25) is 9.78 Å². The first kappa shape index (κ1) is 30.0. The second-order valence-electron chi connectivity index (χ2n) is 10.4. The van der Waals surface area contributed by atoms with E-state index in [1.54, 1.807) is 47.2 Å².